The van der Waals surface area contributed by atoms with Crippen molar-refractivity contribution < 1.29 is 14.3 Å². The average molecular weight is 388 g/mol. The first-order valence-corrected chi connectivity index (χ1v) is 10.3. The quantitative estimate of drug-likeness (QED) is 0.851. The minimum absolute atomic E-state index is 0.0137. The molecule has 7 heteroatoms. The predicted octanol–water partition coefficient (Wildman–Crippen LogP) is 3.49. The van der Waals surface area contributed by atoms with Gasteiger partial charge in [0.05, 0.1) is 24.7 Å². The zero-order valence-corrected chi connectivity index (χ0v) is 16.6. The number of hydrogen-bond acceptors (Lipinski definition) is 6. The van der Waals surface area contributed by atoms with Gasteiger partial charge in [-0.15, -0.1) is 0 Å². The lowest BCUT2D eigenvalue weighted by Gasteiger charge is -2.26. The molecule has 3 heterocycles. The fourth-order valence-electron chi connectivity index (χ4n) is 3.35. The van der Waals surface area contributed by atoms with Crippen LogP contribution in [0.1, 0.15) is 36.6 Å². The second-order valence-corrected chi connectivity index (χ2v) is 8.40. The Morgan fingerprint density at radius 2 is 2.19 bits per heavy atom. The van der Waals surface area contributed by atoms with Crippen LogP contribution in [0.3, 0.4) is 0 Å². The van der Waals surface area contributed by atoms with E-state index in [0.717, 1.165) is 47.6 Å². The summed E-state index contributed by atoms with van der Waals surface area (Å²) >= 11 is 1.67. The van der Waals surface area contributed by atoms with Crippen LogP contribution < -0.4 is 15.0 Å². The molecule has 6 nitrogen and oxygen atoms in total. The SMILES string of the molecule is CC(C)COc1cccc([C@H]2CC(=O)Nc3nc(N4CCOCC4)sc32)c1. The molecule has 2 aliphatic heterocycles. The number of carbonyl (C=O) groups is 1. The Kier molecular flexibility index (Phi) is 5.31. The van der Waals surface area contributed by atoms with E-state index in [2.05, 4.69) is 36.2 Å². The molecule has 0 bridgehead atoms. The van der Waals surface area contributed by atoms with Gasteiger partial charge in [0.15, 0.2) is 5.13 Å². The minimum Gasteiger partial charge on any atom is -0.493 e. The van der Waals surface area contributed by atoms with Crippen molar-refractivity contribution in [3.63, 3.8) is 0 Å². The number of rotatable bonds is 5. The zero-order valence-electron chi connectivity index (χ0n) is 15.7. The molecular formula is C20H25N3O3S. The molecular weight excluding hydrogens is 362 g/mol. The first-order chi connectivity index (χ1) is 13.1. The van der Waals surface area contributed by atoms with E-state index >= 15 is 0 Å². The van der Waals surface area contributed by atoms with Crippen LogP contribution in [0.4, 0.5) is 10.9 Å². The predicted molar refractivity (Wildman–Crippen MR) is 107 cm³/mol. The van der Waals surface area contributed by atoms with E-state index in [1.165, 1.54) is 0 Å². The number of morpholine rings is 1. The monoisotopic (exact) mass is 387 g/mol. The van der Waals surface area contributed by atoms with E-state index in [-0.39, 0.29) is 11.8 Å². The zero-order chi connectivity index (χ0) is 18.8. The number of thiazole rings is 1. The van der Waals surface area contributed by atoms with Crippen molar-refractivity contribution in [1.82, 2.24) is 4.98 Å². The van der Waals surface area contributed by atoms with Gasteiger partial charge in [-0.25, -0.2) is 4.98 Å². The van der Waals surface area contributed by atoms with Gasteiger partial charge < -0.3 is 19.7 Å². The maximum absolute atomic E-state index is 12.3. The molecule has 1 aromatic heterocycles. The van der Waals surface area contributed by atoms with E-state index < -0.39 is 0 Å². The first-order valence-electron chi connectivity index (χ1n) is 9.46. The number of nitrogens with one attached hydrogen (secondary N) is 1. The number of hydrogen-bond donors (Lipinski definition) is 1. The van der Waals surface area contributed by atoms with Crippen LogP contribution in [0.25, 0.3) is 0 Å². The van der Waals surface area contributed by atoms with Crippen LogP contribution in [-0.4, -0.2) is 43.8 Å². The Hall–Kier alpha value is -2.12. The van der Waals surface area contributed by atoms with Crippen molar-refractivity contribution in [3.05, 3.63) is 34.7 Å². The molecule has 0 unspecified atom stereocenters. The van der Waals surface area contributed by atoms with Crippen molar-refractivity contribution in [1.29, 1.82) is 0 Å². The molecule has 1 aromatic carbocycles. The van der Waals surface area contributed by atoms with Crippen LogP contribution in [-0.2, 0) is 9.53 Å². The molecule has 2 aromatic rings. The molecule has 1 N–H and O–H groups in total. The van der Waals surface area contributed by atoms with Crippen molar-refractivity contribution in [2.75, 3.05) is 43.1 Å². The third-order valence-corrected chi connectivity index (χ3v) is 5.96. The van der Waals surface area contributed by atoms with E-state index in [1.54, 1.807) is 11.3 Å². The number of ether oxygens (including phenoxy) is 2. The lowest BCUT2D eigenvalue weighted by molar-refractivity contribution is -0.116. The van der Waals surface area contributed by atoms with E-state index in [1.807, 2.05) is 12.1 Å². The van der Waals surface area contributed by atoms with Crippen LogP contribution in [0.5, 0.6) is 5.75 Å². The fraction of sp³-hybridized carbons (Fsp3) is 0.500. The molecule has 1 saturated heterocycles. The van der Waals surface area contributed by atoms with Crippen LogP contribution in [0.2, 0.25) is 0 Å². The highest BCUT2D eigenvalue weighted by Crippen LogP contribution is 2.43. The van der Waals surface area contributed by atoms with Crippen LogP contribution >= 0.6 is 11.3 Å². The average Bonchev–Trinajstić information content (AvgIpc) is 3.10. The molecule has 4 rings (SSSR count). The number of carbonyl (C=O) groups excluding carboxylic acids is 1. The topological polar surface area (TPSA) is 63.7 Å². The molecule has 1 atom stereocenters. The molecule has 1 amide bonds. The first kappa shape index (κ1) is 18.3. The lowest BCUT2D eigenvalue weighted by Crippen LogP contribution is -2.36. The third kappa shape index (κ3) is 4.09. The third-order valence-electron chi connectivity index (χ3n) is 4.73. The normalized spacial score (nSPS) is 19.7. The molecule has 0 spiro atoms. The maximum Gasteiger partial charge on any atom is 0.226 e. The Labute approximate surface area is 163 Å². The minimum atomic E-state index is 0.0137. The van der Waals surface area contributed by atoms with E-state index in [0.29, 0.717) is 24.8 Å². The number of benzene rings is 1. The number of aromatic nitrogens is 1. The summed E-state index contributed by atoms with van der Waals surface area (Å²) in [6.07, 6.45) is 0.436. The second kappa shape index (κ2) is 7.86. The van der Waals surface area contributed by atoms with Gasteiger partial charge in [-0.3, -0.25) is 4.79 Å². The van der Waals surface area contributed by atoms with E-state index in [9.17, 15) is 4.79 Å². The maximum atomic E-state index is 12.3. The summed E-state index contributed by atoms with van der Waals surface area (Å²) in [4.78, 5) is 20.3. The molecule has 144 valence electrons. The summed E-state index contributed by atoms with van der Waals surface area (Å²) in [6, 6.07) is 8.11. The van der Waals surface area contributed by atoms with Crippen molar-refractivity contribution >= 4 is 28.2 Å². The summed E-state index contributed by atoms with van der Waals surface area (Å²) in [7, 11) is 0. The Morgan fingerprint density at radius 1 is 1.37 bits per heavy atom. The lowest BCUT2D eigenvalue weighted by atomic mass is 9.91. The Morgan fingerprint density at radius 3 is 2.96 bits per heavy atom. The summed E-state index contributed by atoms with van der Waals surface area (Å²) in [5.41, 5.74) is 1.10. The summed E-state index contributed by atoms with van der Waals surface area (Å²) in [5, 5.41) is 3.91. The van der Waals surface area contributed by atoms with Gasteiger partial charge in [0.2, 0.25) is 5.91 Å². The summed E-state index contributed by atoms with van der Waals surface area (Å²) in [5.74, 6) is 2.06. The molecule has 1 fully saturated rings. The highest BCUT2D eigenvalue weighted by Gasteiger charge is 2.31. The van der Waals surface area contributed by atoms with Crippen LogP contribution in [0, 0.1) is 5.92 Å². The van der Waals surface area contributed by atoms with Crippen molar-refractivity contribution in [2.45, 2.75) is 26.2 Å². The number of amides is 1. The van der Waals surface area contributed by atoms with Crippen LogP contribution in [0.15, 0.2) is 24.3 Å². The molecule has 27 heavy (non-hydrogen) atoms. The smallest absolute Gasteiger partial charge is 0.226 e. The Bertz CT molecular complexity index is 815. The summed E-state index contributed by atoms with van der Waals surface area (Å²) in [6.45, 7) is 8.05. The van der Waals surface area contributed by atoms with Gasteiger partial charge >= 0.3 is 0 Å². The molecule has 2 aliphatic rings. The van der Waals surface area contributed by atoms with Crippen molar-refractivity contribution in [3.8, 4) is 5.75 Å². The number of anilines is 2. The van der Waals surface area contributed by atoms with Gasteiger partial charge in [-0.05, 0) is 23.6 Å². The fourth-order valence-corrected chi connectivity index (χ4v) is 4.55. The van der Waals surface area contributed by atoms with E-state index in [4.69, 9.17) is 14.5 Å². The van der Waals surface area contributed by atoms with Gasteiger partial charge in [-0.2, -0.15) is 0 Å². The largest absolute Gasteiger partial charge is 0.493 e. The van der Waals surface area contributed by atoms with Gasteiger partial charge in [0.25, 0.3) is 0 Å². The highest BCUT2D eigenvalue weighted by atomic mass is 32.1. The van der Waals surface area contributed by atoms with Gasteiger partial charge in [-0.1, -0.05) is 37.3 Å². The molecule has 0 aliphatic carbocycles. The molecule has 0 saturated carbocycles. The Balaban J connectivity index is 1.62. The van der Waals surface area contributed by atoms with Gasteiger partial charge in [0.1, 0.15) is 11.6 Å². The second-order valence-electron chi connectivity index (χ2n) is 7.39. The number of fused-ring (bicyclic) bond motifs is 1. The number of nitrogens with zero attached hydrogens (tertiary/aromatic N) is 2. The molecule has 0 radical (unpaired) electrons. The van der Waals surface area contributed by atoms with Gasteiger partial charge in [0, 0.05) is 25.4 Å². The van der Waals surface area contributed by atoms with Crippen molar-refractivity contribution in [2.24, 2.45) is 5.92 Å². The summed E-state index contributed by atoms with van der Waals surface area (Å²) < 4.78 is 11.3. The standard InChI is InChI=1S/C20H25N3O3S/c1-13(2)12-26-15-5-3-4-14(10-15)16-11-17(24)21-19-18(16)27-20(22-19)23-6-8-25-9-7-23/h3-5,10,13,16H,6-9,11-12H2,1-2H3,(H,21,24)/t16-/m1/s1. The highest BCUT2D eigenvalue weighted by molar-refractivity contribution is 7.16.